The minimum atomic E-state index is -1.48. The van der Waals surface area contributed by atoms with Crippen LogP contribution in [0.5, 0.6) is 0 Å². The summed E-state index contributed by atoms with van der Waals surface area (Å²) in [4.78, 5) is 51.5. The molecule has 2 aliphatic heterocycles. The number of nitrogens with two attached hydrogens (primary N) is 1. The maximum absolute atomic E-state index is 12.7. The predicted octanol–water partition coefficient (Wildman–Crippen LogP) is -4.87. The quantitative estimate of drug-likeness (QED) is 0.0388. The third-order valence-corrected chi connectivity index (χ3v) is 8.74. The van der Waals surface area contributed by atoms with Crippen molar-refractivity contribution in [3.8, 4) is 0 Å². The zero-order valence-corrected chi connectivity index (χ0v) is 30.8. The van der Waals surface area contributed by atoms with Gasteiger partial charge in [-0.15, -0.1) is 0 Å². The van der Waals surface area contributed by atoms with E-state index in [1.54, 1.807) is 6.92 Å². The van der Waals surface area contributed by atoms with Gasteiger partial charge in [0.25, 0.3) is 0 Å². The molecule has 0 aromatic rings. The van der Waals surface area contributed by atoms with Crippen LogP contribution in [-0.4, -0.2) is 186 Å². The standard InChI is InChI=1S/C33H62N6O14/c1-20-26(44)28(46)30(48)32(52-20)50-15-13-37-22(40)9-5-3-7-11-35-23(41)17-39(18-24(42)36-12-8-4-6-10-34)19-25(43)38-14-16-51-33-31(49)29(47)27(45)21(2)53-33/h20-21,26-33,44-49H,3-19,34H2,1-2H3,(H,35,41)(H,36,42)(H,37,40)(H,38,43)/t20-,21-,26+,27+,28+,29+,30-,31-,32+,33+/m0/s1. The van der Waals surface area contributed by atoms with E-state index in [0.717, 1.165) is 19.3 Å². The summed E-state index contributed by atoms with van der Waals surface area (Å²) in [5, 5.41) is 70.2. The van der Waals surface area contributed by atoms with Crippen LogP contribution >= 0.6 is 0 Å². The maximum atomic E-state index is 12.7. The lowest BCUT2D eigenvalue weighted by Crippen LogP contribution is -2.57. The molecular weight excluding hydrogens is 704 g/mol. The number of rotatable bonds is 25. The van der Waals surface area contributed by atoms with Crippen molar-refractivity contribution in [2.45, 2.75) is 120 Å². The van der Waals surface area contributed by atoms with Crippen molar-refractivity contribution in [1.29, 1.82) is 0 Å². The molecule has 12 N–H and O–H groups in total. The number of nitrogens with zero attached hydrogens (tertiary/aromatic N) is 1. The Morgan fingerprint density at radius 3 is 1.38 bits per heavy atom. The fraction of sp³-hybridized carbons (Fsp3) is 0.879. The Labute approximate surface area is 310 Å². The SMILES string of the molecule is C[C@@H]1O[C@@H](OCCNC(=O)CCCCCNC(=O)CN(CC(=O)NCCCCCN)CC(=O)NCCO[C@@H]2O[C@@H](C)[C@@H](O)[C@@H](O)[C@@H]2O)[C@@H](O)[C@H](O)[C@@H]1O. The highest BCUT2D eigenvalue weighted by molar-refractivity contribution is 5.84. The molecule has 2 fully saturated rings. The molecule has 20 heteroatoms. The maximum Gasteiger partial charge on any atom is 0.234 e. The number of ether oxygens (including phenoxy) is 4. The molecule has 4 amide bonds. The van der Waals surface area contributed by atoms with Gasteiger partial charge in [-0.05, 0) is 46.1 Å². The van der Waals surface area contributed by atoms with Gasteiger partial charge in [-0.2, -0.15) is 0 Å². The van der Waals surface area contributed by atoms with Crippen LogP contribution in [0.3, 0.4) is 0 Å². The number of unbranched alkanes of at least 4 members (excludes halogenated alkanes) is 4. The summed E-state index contributed by atoms with van der Waals surface area (Å²) in [6, 6.07) is 0. The van der Waals surface area contributed by atoms with E-state index in [4.69, 9.17) is 24.7 Å². The first kappa shape index (κ1) is 46.6. The van der Waals surface area contributed by atoms with Gasteiger partial charge in [0.2, 0.25) is 23.6 Å². The summed E-state index contributed by atoms with van der Waals surface area (Å²) in [6.07, 6.45) is -7.62. The molecule has 308 valence electrons. The summed E-state index contributed by atoms with van der Waals surface area (Å²) < 4.78 is 21.5. The molecule has 2 saturated heterocycles. The van der Waals surface area contributed by atoms with Crippen LogP contribution in [0.15, 0.2) is 0 Å². The first-order valence-corrected chi connectivity index (χ1v) is 18.4. The minimum Gasteiger partial charge on any atom is -0.388 e. The Kier molecular flexibility index (Phi) is 22.4. The number of aliphatic hydroxyl groups is 6. The van der Waals surface area contributed by atoms with Gasteiger partial charge in [-0.3, -0.25) is 24.1 Å². The zero-order valence-electron chi connectivity index (χ0n) is 30.8. The minimum absolute atomic E-state index is 0.00724. The zero-order chi connectivity index (χ0) is 39.3. The van der Waals surface area contributed by atoms with E-state index in [9.17, 15) is 49.8 Å². The monoisotopic (exact) mass is 766 g/mol. The summed E-state index contributed by atoms with van der Waals surface area (Å²) in [5.74, 6) is -1.43. The Bertz CT molecular complexity index is 1090. The molecule has 10 atom stereocenters. The summed E-state index contributed by atoms with van der Waals surface area (Å²) >= 11 is 0. The molecule has 0 bridgehead atoms. The van der Waals surface area contributed by atoms with Crippen LogP contribution < -0.4 is 27.0 Å². The summed E-state index contributed by atoms with van der Waals surface area (Å²) in [5.41, 5.74) is 5.50. The highest BCUT2D eigenvalue weighted by Crippen LogP contribution is 2.22. The normalized spacial score (nSPS) is 28.7. The molecule has 0 unspecified atom stereocenters. The molecule has 2 aliphatic rings. The Balaban J connectivity index is 1.67. The number of hydrogen-bond acceptors (Lipinski definition) is 16. The van der Waals surface area contributed by atoms with Crippen LogP contribution in [-0.2, 0) is 38.1 Å². The first-order valence-electron chi connectivity index (χ1n) is 18.4. The van der Waals surface area contributed by atoms with Crippen molar-refractivity contribution in [1.82, 2.24) is 26.2 Å². The van der Waals surface area contributed by atoms with E-state index in [1.165, 1.54) is 11.8 Å². The molecule has 53 heavy (non-hydrogen) atoms. The van der Waals surface area contributed by atoms with Crippen LogP contribution in [0.25, 0.3) is 0 Å². The third-order valence-electron chi connectivity index (χ3n) is 8.74. The van der Waals surface area contributed by atoms with Crippen molar-refractivity contribution < 1.29 is 68.8 Å². The lowest BCUT2D eigenvalue weighted by molar-refractivity contribution is -0.292. The van der Waals surface area contributed by atoms with Crippen molar-refractivity contribution >= 4 is 23.6 Å². The lowest BCUT2D eigenvalue weighted by Gasteiger charge is -2.38. The van der Waals surface area contributed by atoms with Crippen molar-refractivity contribution in [2.24, 2.45) is 5.73 Å². The fourth-order valence-corrected chi connectivity index (χ4v) is 5.56. The lowest BCUT2D eigenvalue weighted by atomic mass is 10.0. The molecule has 0 saturated carbocycles. The number of carbonyl (C=O) groups excluding carboxylic acids is 4. The van der Waals surface area contributed by atoms with Crippen LogP contribution in [0.2, 0.25) is 0 Å². The van der Waals surface area contributed by atoms with Gasteiger partial charge in [-0.25, -0.2) is 0 Å². The van der Waals surface area contributed by atoms with Crippen molar-refractivity contribution in [2.75, 3.05) is 65.6 Å². The van der Waals surface area contributed by atoms with Crippen LogP contribution in [0, 0.1) is 0 Å². The van der Waals surface area contributed by atoms with Gasteiger partial charge in [-0.1, -0.05) is 12.8 Å². The number of aliphatic hydroxyl groups excluding tert-OH is 6. The van der Waals surface area contributed by atoms with Gasteiger partial charge >= 0.3 is 0 Å². The number of hydrogen-bond donors (Lipinski definition) is 11. The van der Waals surface area contributed by atoms with E-state index < -0.39 is 73.2 Å². The second-order valence-electron chi connectivity index (χ2n) is 13.3. The second kappa shape index (κ2) is 25.5. The van der Waals surface area contributed by atoms with Gasteiger partial charge in [0, 0.05) is 32.6 Å². The van der Waals surface area contributed by atoms with E-state index in [2.05, 4.69) is 21.3 Å². The average Bonchev–Trinajstić information content (AvgIpc) is 3.12. The van der Waals surface area contributed by atoms with E-state index >= 15 is 0 Å². The first-order chi connectivity index (χ1) is 25.2. The second-order valence-corrected chi connectivity index (χ2v) is 13.3. The van der Waals surface area contributed by atoms with Crippen molar-refractivity contribution in [3.05, 3.63) is 0 Å². The fourth-order valence-electron chi connectivity index (χ4n) is 5.56. The molecule has 0 spiro atoms. The third kappa shape index (κ3) is 17.6. The van der Waals surface area contributed by atoms with E-state index in [0.29, 0.717) is 38.9 Å². The van der Waals surface area contributed by atoms with Crippen LogP contribution in [0.1, 0.15) is 58.8 Å². The largest absolute Gasteiger partial charge is 0.388 e. The number of amides is 4. The molecule has 0 aromatic heterocycles. The van der Waals surface area contributed by atoms with Gasteiger partial charge < -0.3 is 76.6 Å². The summed E-state index contributed by atoms with van der Waals surface area (Å²) in [7, 11) is 0. The molecule has 2 rings (SSSR count). The highest BCUT2D eigenvalue weighted by atomic mass is 16.7. The van der Waals surface area contributed by atoms with Gasteiger partial charge in [0.05, 0.1) is 45.1 Å². The highest BCUT2D eigenvalue weighted by Gasteiger charge is 2.43. The summed E-state index contributed by atoms with van der Waals surface area (Å²) in [6.45, 7) is 3.79. The predicted molar refractivity (Wildman–Crippen MR) is 186 cm³/mol. The van der Waals surface area contributed by atoms with Gasteiger partial charge in [0.1, 0.15) is 36.6 Å². The molecule has 0 aliphatic carbocycles. The Morgan fingerprint density at radius 1 is 0.547 bits per heavy atom. The molecule has 0 radical (unpaired) electrons. The van der Waals surface area contributed by atoms with Crippen LogP contribution in [0.4, 0.5) is 0 Å². The Morgan fingerprint density at radius 2 is 0.943 bits per heavy atom. The molecule has 0 aromatic carbocycles. The van der Waals surface area contributed by atoms with E-state index in [1.807, 2.05) is 0 Å². The molecule has 20 nitrogen and oxygen atoms in total. The van der Waals surface area contributed by atoms with Gasteiger partial charge in [0.15, 0.2) is 12.6 Å². The van der Waals surface area contributed by atoms with Crippen molar-refractivity contribution in [3.63, 3.8) is 0 Å². The topological polar surface area (TPSA) is 304 Å². The smallest absolute Gasteiger partial charge is 0.234 e. The number of nitrogens with one attached hydrogen (secondary N) is 4. The molecule has 2 heterocycles. The van der Waals surface area contributed by atoms with E-state index in [-0.39, 0.29) is 64.2 Å². The average molecular weight is 767 g/mol. The number of carbonyl (C=O) groups is 4. The Hall–Kier alpha value is -2.60. The molecular formula is C33H62N6O14.